The summed E-state index contributed by atoms with van der Waals surface area (Å²) in [5.74, 6) is 3.61. The first kappa shape index (κ1) is 15.6. The average Bonchev–Trinajstić information content (AvgIpc) is 2.59. The minimum atomic E-state index is 0.376. The highest BCUT2D eigenvalue weighted by Crippen LogP contribution is 2.32. The zero-order chi connectivity index (χ0) is 16.1. The molecule has 1 aliphatic carbocycles. The van der Waals surface area contributed by atoms with Gasteiger partial charge in [0.05, 0.1) is 6.54 Å². The van der Waals surface area contributed by atoms with Gasteiger partial charge in [0, 0.05) is 6.04 Å². The topological polar surface area (TPSA) is 21.3 Å². The van der Waals surface area contributed by atoms with Crippen LogP contribution in [0, 0.1) is 19.3 Å². The third-order valence-corrected chi connectivity index (χ3v) is 4.41. The molecule has 1 aliphatic rings. The van der Waals surface area contributed by atoms with Gasteiger partial charge in [-0.1, -0.05) is 41.8 Å². The van der Waals surface area contributed by atoms with E-state index in [-0.39, 0.29) is 0 Å². The van der Waals surface area contributed by atoms with Crippen LogP contribution in [0.2, 0.25) is 0 Å². The van der Waals surface area contributed by atoms with Gasteiger partial charge in [-0.2, -0.15) is 0 Å². The Morgan fingerprint density at radius 1 is 1.22 bits per heavy atom. The van der Waals surface area contributed by atoms with Crippen LogP contribution in [0.25, 0.3) is 0 Å². The minimum Gasteiger partial charge on any atom is -0.489 e. The SMILES string of the molecule is C#CCNC1CCCc2cc(OCc3ccc(C)cc3)ccc21. The third-order valence-electron chi connectivity index (χ3n) is 4.41. The van der Waals surface area contributed by atoms with Crippen molar-refractivity contribution in [1.82, 2.24) is 5.32 Å². The van der Waals surface area contributed by atoms with E-state index < -0.39 is 0 Å². The monoisotopic (exact) mass is 305 g/mol. The van der Waals surface area contributed by atoms with Crippen molar-refractivity contribution < 1.29 is 4.74 Å². The molecule has 23 heavy (non-hydrogen) atoms. The molecule has 2 nitrogen and oxygen atoms in total. The van der Waals surface area contributed by atoms with E-state index in [1.807, 2.05) is 0 Å². The van der Waals surface area contributed by atoms with Gasteiger partial charge in [0.1, 0.15) is 12.4 Å². The number of rotatable bonds is 5. The van der Waals surface area contributed by atoms with Crippen molar-refractivity contribution in [3.63, 3.8) is 0 Å². The smallest absolute Gasteiger partial charge is 0.120 e. The molecule has 1 atom stereocenters. The molecule has 118 valence electrons. The molecule has 1 N–H and O–H groups in total. The highest BCUT2D eigenvalue weighted by molar-refractivity contribution is 5.39. The lowest BCUT2D eigenvalue weighted by molar-refractivity contribution is 0.305. The summed E-state index contributed by atoms with van der Waals surface area (Å²) in [7, 11) is 0. The summed E-state index contributed by atoms with van der Waals surface area (Å²) < 4.78 is 5.96. The van der Waals surface area contributed by atoms with Gasteiger partial charge in [-0.3, -0.25) is 5.32 Å². The van der Waals surface area contributed by atoms with Crippen LogP contribution < -0.4 is 10.1 Å². The van der Waals surface area contributed by atoms with Crippen LogP contribution in [0.5, 0.6) is 5.75 Å². The molecule has 0 spiro atoms. The molecule has 0 heterocycles. The number of terminal acetylenes is 1. The molecule has 0 saturated carbocycles. The van der Waals surface area contributed by atoms with Crippen molar-refractivity contribution >= 4 is 0 Å². The number of hydrogen-bond donors (Lipinski definition) is 1. The van der Waals surface area contributed by atoms with Gasteiger partial charge >= 0.3 is 0 Å². The molecule has 1 unspecified atom stereocenters. The van der Waals surface area contributed by atoms with E-state index in [1.54, 1.807) is 0 Å². The van der Waals surface area contributed by atoms with E-state index in [1.165, 1.54) is 28.7 Å². The second-order valence-electron chi connectivity index (χ2n) is 6.16. The van der Waals surface area contributed by atoms with Crippen LogP contribution in [0.1, 0.15) is 41.1 Å². The second-order valence-corrected chi connectivity index (χ2v) is 6.16. The van der Waals surface area contributed by atoms with E-state index in [0.717, 1.165) is 18.6 Å². The Kier molecular flexibility index (Phi) is 5.00. The van der Waals surface area contributed by atoms with Gasteiger partial charge in [0.25, 0.3) is 0 Å². The van der Waals surface area contributed by atoms with E-state index in [9.17, 15) is 0 Å². The first-order chi connectivity index (χ1) is 11.3. The first-order valence-electron chi connectivity index (χ1n) is 8.24. The van der Waals surface area contributed by atoms with E-state index in [2.05, 4.69) is 60.6 Å². The molecule has 0 aliphatic heterocycles. The highest BCUT2D eigenvalue weighted by Gasteiger charge is 2.19. The molecule has 0 bridgehead atoms. The lowest BCUT2D eigenvalue weighted by Gasteiger charge is -2.26. The summed E-state index contributed by atoms with van der Waals surface area (Å²) >= 11 is 0. The van der Waals surface area contributed by atoms with Crippen molar-refractivity contribution in [2.45, 2.75) is 38.8 Å². The zero-order valence-electron chi connectivity index (χ0n) is 13.6. The molecule has 0 fully saturated rings. The Morgan fingerprint density at radius 2 is 2.04 bits per heavy atom. The summed E-state index contributed by atoms with van der Waals surface area (Å²) in [6, 6.07) is 15.3. The predicted octanol–water partition coefficient (Wildman–Crippen LogP) is 4.17. The molecule has 0 amide bonds. The molecule has 2 aromatic carbocycles. The van der Waals surface area contributed by atoms with Crippen LogP contribution in [0.4, 0.5) is 0 Å². The van der Waals surface area contributed by atoms with Crippen molar-refractivity contribution in [3.05, 3.63) is 64.7 Å². The minimum absolute atomic E-state index is 0.376. The third kappa shape index (κ3) is 3.94. The van der Waals surface area contributed by atoms with Crippen LogP contribution in [-0.2, 0) is 13.0 Å². The molecule has 3 rings (SSSR count). The van der Waals surface area contributed by atoms with Gasteiger partial charge in [-0.25, -0.2) is 0 Å². The summed E-state index contributed by atoms with van der Waals surface area (Å²) in [6.45, 7) is 3.33. The van der Waals surface area contributed by atoms with Gasteiger partial charge in [0.2, 0.25) is 0 Å². The zero-order valence-corrected chi connectivity index (χ0v) is 13.6. The maximum absolute atomic E-state index is 5.96. The number of hydrogen-bond acceptors (Lipinski definition) is 2. The Labute approximate surface area is 138 Å². The fraction of sp³-hybridized carbons (Fsp3) is 0.333. The van der Waals surface area contributed by atoms with Crippen LogP contribution in [0.15, 0.2) is 42.5 Å². The summed E-state index contributed by atoms with van der Waals surface area (Å²) in [6.07, 6.45) is 8.82. The molecule has 2 heteroatoms. The van der Waals surface area contributed by atoms with Crippen molar-refractivity contribution in [2.75, 3.05) is 6.54 Å². The predicted molar refractivity (Wildman–Crippen MR) is 94.5 cm³/mol. The fourth-order valence-corrected chi connectivity index (χ4v) is 3.13. The van der Waals surface area contributed by atoms with Gasteiger partial charge in [-0.05, 0) is 55.0 Å². The van der Waals surface area contributed by atoms with Gasteiger partial charge in [0.15, 0.2) is 0 Å². The van der Waals surface area contributed by atoms with Crippen LogP contribution in [-0.4, -0.2) is 6.54 Å². The molecular weight excluding hydrogens is 282 g/mol. The second kappa shape index (κ2) is 7.35. The lowest BCUT2D eigenvalue weighted by atomic mass is 9.87. The number of nitrogens with one attached hydrogen (secondary N) is 1. The van der Waals surface area contributed by atoms with Crippen molar-refractivity contribution in [2.24, 2.45) is 0 Å². The summed E-state index contributed by atoms with van der Waals surface area (Å²) in [4.78, 5) is 0. The number of aryl methyl sites for hydroxylation is 2. The molecule has 0 saturated heterocycles. The normalized spacial score (nSPS) is 16.4. The lowest BCUT2D eigenvalue weighted by Crippen LogP contribution is -2.25. The van der Waals surface area contributed by atoms with E-state index in [4.69, 9.17) is 11.2 Å². The van der Waals surface area contributed by atoms with E-state index in [0.29, 0.717) is 19.2 Å². The first-order valence-corrected chi connectivity index (χ1v) is 8.24. The Balaban J connectivity index is 1.68. The molecule has 2 aromatic rings. The highest BCUT2D eigenvalue weighted by atomic mass is 16.5. The van der Waals surface area contributed by atoms with E-state index >= 15 is 0 Å². The van der Waals surface area contributed by atoms with Crippen molar-refractivity contribution in [1.29, 1.82) is 0 Å². The quantitative estimate of drug-likeness (QED) is 0.837. The van der Waals surface area contributed by atoms with Gasteiger partial charge in [-0.15, -0.1) is 6.42 Å². The number of fused-ring (bicyclic) bond motifs is 1. The van der Waals surface area contributed by atoms with Gasteiger partial charge < -0.3 is 4.74 Å². The summed E-state index contributed by atoms with van der Waals surface area (Å²) in [5.41, 5.74) is 5.22. The van der Waals surface area contributed by atoms with Crippen LogP contribution in [0.3, 0.4) is 0 Å². The molecular formula is C21H23NO. The average molecular weight is 305 g/mol. The Hall–Kier alpha value is -2.24. The largest absolute Gasteiger partial charge is 0.489 e. The van der Waals surface area contributed by atoms with Crippen molar-refractivity contribution in [3.8, 4) is 18.1 Å². The fourth-order valence-electron chi connectivity index (χ4n) is 3.13. The Morgan fingerprint density at radius 3 is 2.83 bits per heavy atom. The van der Waals surface area contributed by atoms with Crippen LogP contribution >= 0.6 is 0 Å². The molecule has 0 radical (unpaired) electrons. The Bertz CT molecular complexity index is 697. The standard InChI is InChI=1S/C21H23NO/c1-3-13-22-21-6-4-5-18-14-19(11-12-20(18)21)23-15-17-9-7-16(2)8-10-17/h1,7-12,14,21-22H,4-6,13,15H2,2H3. The number of benzene rings is 2. The maximum Gasteiger partial charge on any atom is 0.120 e. The summed E-state index contributed by atoms with van der Waals surface area (Å²) in [5, 5.41) is 3.43. The number of ether oxygens (including phenoxy) is 1. The maximum atomic E-state index is 5.96. The molecule has 0 aromatic heterocycles.